The second kappa shape index (κ2) is 4.82. The molecule has 0 spiro atoms. The molecule has 0 bridgehead atoms. The smallest absolute Gasteiger partial charge is 0.0951 e. The number of nitrogens with one attached hydrogen (secondary N) is 1. The van der Waals surface area contributed by atoms with E-state index in [1.165, 1.54) is 5.69 Å². The van der Waals surface area contributed by atoms with Gasteiger partial charge in [0.25, 0.3) is 0 Å². The van der Waals surface area contributed by atoms with E-state index in [0.29, 0.717) is 6.04 Å². The van der Waals surface area contributed by atoms with E-state index in [1.807, 2.05) is 18.6 Å². The summed E-state index contributed by atoms with van der Waals surface area (Å²) in [4.78, 5) is 4.12. The zero-order chi connectivity index (χ0) is 9.68. The van der Waals surface area contributed by atoms with Crippen LogP contribution in [0.3, 0.4) is 0 Å². The third-order valence-electron chi connectivity index (χ3n) is 1.90. The van der Waals surface area contributed by atoms with Gasteiger partial charge >= 0.3 is 0 Å². The molecule has 1 heterocycles. The molecule has 0 aliphatic rings. The average Bonchev–Trinajstić information content (AvgIpc) is 2.53. The van der Waals surface area contributed by atoms with Crippen molar-refractivity contribution in [1.82, 2.24) is 14.9 Å². The van der Waals surface area contributed by atoms with Crippen LogP contribution in [0.15, 0.2) is 25.2 Å². The second-order valence-corrected chi connectivity index (χ2v) is 3.31. The summed E-state index contributed by atoms with van der Waals surface area (Å²) >= 11 is 0. The van der Waals surface area contributed by atoms with E-state index in [1.54, 1.807) is 0 Å². The van der Waals surface area contributed by atoms with E-state index < -0.39 is 0 Å². The van der Waals surface area contributed by atoms with Crippen LogP contribution in [0.1, 0.15) is 25.6 Å². The number of nitrogens with zero attached hydrogens (tertiary/aromatic N) is 2. The molecule has 13 heavy (non-hydrogen) atoms. The number of aromatic nitrogens is 2. The van der Waals surface area contributed by atoms with Crippen molar-refractivity contribution in [2.75, 3.05) is 6.54 Å². The molecule has 0 saturated heterocycles. The first kappa shape index (κ1) is 9.99. The van der Waals surface area contributed by atoms with E-state index in [-0.39, 0.29) is 0 Å². The van der Waals surface area contributed by atoms with Crippen molar-refractivity contribution < 1.29 is 0 Å². The Bertz CT molecular complexity index is 263. The molecular weight excluding hydrogens is 162 g/mol. The minimum absolute atomic E-state index is 0.475. The van der Waals surface area contributed by atoms with Crippen LogP contribution < -0.4 is 5.32 Å². The Morgan fingerprint density at radius 3 is 3.08 bits per heavy atom. The first-order valence-corrected chi connectivity index (χ1v) is 4.58. The molecule has 72 valence electrons. The SMILES string of the molecule is C=CCNCc1cncn1C(C)C. The standard InChI is InChI=1S/C10H17N3/c1-4-5-11-6-10-7-12-8-13(10)9(2)3/h4,7-9,11H,1,5-6H2,2-3H3. The molecule has 0 saturated carbocycles. The molecule has 0 aromatic carbocycles. The summed E-state index contributed by atoms with van der Waals surface area (Å²) < 4.78 is 2.16. The van der Waals surface area contributed by atoms with Crippen molar-refractivity contribution in [1.29, 1.82) is 0 Å². The Kier molecular flexibility index (Phi) is 3.71. The monoisotopic (exact) mass is 179 g/mol. The quantitative estimate of drug-likeness (QED) is 0.551. The normalized spacial score (nSPS) is 10.7. The van der Waals surface area contributed by atoms with Gasteiger partial charge in [-0.2, -0.15) is 0 Å². The van der Waals surface area contributed by atoms with E-state index >= 15 is 0 Å². The predicted molar refractivity (Wildman–Crippen MR) is 54.5 cm³/mol. The highest BCUT2D eigenvalue weighted by atomic mass is 15.1. The van der Waals surface area contributed by atoms with Crippen LogP contribution in [0.4, 0.5) is 0 Å². The summed E-state index contributed by atoms with van der Waals surface area (Å²) in [7, 11) is 0. The first-order valence-electron chi connectivity index (χ1n) is 4.58. The maximum atomic E-state index is 4.12. The van der Waals surface area contributed by atoms with Gasteiger partial charge in [0.1, 0.15) is 0 Å². The van der Waals surface area contributed by atoms with Crippen LogP contribution in [0.5, 0.6) is 0 Å². The third-order valence-corrected chi connectivity index (χ3v) is 1.90. The molecule has 1 rings (SSSR count). The first-order chi connectivity index (χ1) is 6.25. The molecule has 1 N–H and O–H groups in total. The average molecular weight is 179 g/mol. The highest BCUT2D eigenvalue weighted by molar-refractivity contribution is 4.99. The molecule has 1 aromatic rings. The van der Waals surface area contributed by atoms with Crippen molar-refractivity contribution in [3.8, 4) is 0 Å². The molecule has 0 aliphatic carbocycles. The molecule has 0 atom stereocenters. The molecule has 0 unspecified atom stereocenters. The fourth-order valence-corrected chi connectivity index (χ4v) is 1.24. The van der Waals surface area contributed by atoms with Crippen molar-refractivity contribution in [2.45, 2.75) is 26.4 Å². The van der Waals surface area contributed by atoms with E-state index in [2.05, 4.69) is 35.3 Å². The lowest BCUT2D eigenvalue weighted by Gasteiger charge is -2.11. The Labute approximate surface area is 79.5 Å². The maximum Gasteiger partial charge on any atom is 0.0951 e. The molecule has 3 heteroatoms. The number of hydrogen-bond donors (Lipinski definition) is 1. The number of rotatable bonds is 5. The van der Waals surface area contributed by atoms with Gasteiger partial charge < -0.3 is 9.88 Å². The molecule has 0 amide bonds. The molecule has 3 nitrogen and oxygen atoms in total. The zero-order valence-electron chi connectivity index (χ0n) is 8.33. The van der Waals surface area contributed by atoms with Crippen LogP contribution in [0.25, 0.3) is 0 Å². The fraction of sp³-hybridized carbons (Fsp3) is 0.500. The van der Waals surface area contributed by atoms with Gasteiger partial charge in [0, 0.05) is 25.3 Å². The van der Waals surface area contributed by atoms with Crippen molar-refractivity contribution in [3.63, 3.8) is 0 Å². The lowest BCUT2D eigenvalue weighted by Crippen LogP contribution is -2.16. The van der Waals surface area contributed by atoms with Gasteiger partial charge in [0.2, 0.25) is 0 Å². The van der Waals surface area contributed by atoms with Crippen molar-refractivity contribution in [3.05, 3.63) is 30.9 Å². The molecular formula is C10H17N3. The van der Waals surface area contributed by atoms with Gasteiger partial charge in [0.15, 0.2) is 0 Å². The van der Waals surface area contributed by atoms with Crippen LogP contribution in [-0.4, -0.2) is 16.1 Å². The lowest BCUT2D eigenvalue weighted by atomic mass is 10.3. The predicted octanol–water partition coefficient (Wildman–Crippen LogP) is 1.74. The molecule has 0 fully saturated rings. The third kappa shape index (κ3) is 2.70. The van der Waals surface area contributed by atoms with Crippen molar-refractivity contribution in [2.24, 2.45) is 0 Å². The minimum atomic E-state index is 0.475. The van der Waals surface area contributed by atoms with Crippen LogP contribution in [0.2, 0.25) is 0 Å². The van der Waals surface area contributed by atoms with Gasteiger partial charge in [-0.15, -0.1) is 6.58 Å². The lowest BCUT2D eigenvalue weighted by molar-refractivity contribution is 0.558. The fourth-order valence-electron chi connectivity index (χ4n) is 1.24. The summed E-state index contributed by atoms with van der Waals surface area (Å²) in [5, 5.41) is 3.25. The maximum absolute atomic E-state index is 4.12. The van der Waals surface area contributed by atoms with Gasteiger partial charge in [-0.1, -0.05) is 6.08 Å². The molecule has 0 radical (unpaired) electrons. The van der Waals surface area contributed by atoms with Gasteiger partial charge in [0.05, 0.1) is 12.0 Å². The Hall–Kier alpha value is -1.09. The van der Waals surface area contributed by atoms with E-state index in [0.717, 1.165) is 13.1 Å². The van der Waals surface area contributed by atoms with Gasteiger partial charge in [-0.05, 0) is 13.8 Å². The number of imidazole rings is 1. The Balaban J connectivity index is 2.55. The number of hydrogen-bond acceptors (Lipinski definition) is 2. The van der Waals surface area contributed by atoms with Crippen LogP contribution in [0, 0.1) is 0 Å². The second-order valence-electron chi connectivity index (χ2n) is 3.31. The Morgan fingerprint density at radius 1 is 1.69 bits per heavy atom. The van der Waals surface area contributed by atoms with Gasteiger partial charge in [-0.25, -0.2) is 4.98 Å². The Morgan fingerprint density at radius 2 is 2.46 bits per heavy atom. The van der Waals surface area contributed by atoms with E-state index in [9.17, 15) is 0 Å². The molecule has 1 aromatic heterocycles. The summed E-state index contributed by atoms with van der Waals surface area (Å²) in [6.07, 6.45) is 5.63. The summed E-state index contributed by atoms with van der Waals surface area (Å²) in [6, 6.07) is 0.475. The summed E-state index contributed by atoms with van der Waals surface area (Å²) in [5.41, 5.74) is 1.22. The van der Waals surface area contributed by atoms with Gasteiger partial charge in [-0.3, -0.25) is 0 Å². The van der Waals surface area contributed by atoms with Crippen molar-refractivity contribution >= 4 is 0 Å². The topological polar surface area (TPSA) is 29.9 Å². The van der Waals surface area contributed by atoms with E-state index in [4.69, 9.17) is 0 Å². The summed E-state index contributed by atoms with van der Waals surface area (Å²) in [6.45, 7) is 9.64. The highest BCUT2D eigenvalue weighted by Gasteiger charge is 2.03. The minimum Gasteiger partial charge on any atom is -0.331 e. The highest BCUT2D eigenvalue weighted by Crippen LogP contribution is 2.07. The van der Waals surface area contributed by atoms with Crippen LogP contribution >= 0.6 is 0 Å². The van der Waals surface area contributed by atoms with Crippen LogP contribution in [-0.2, 0) is 6.54 Å². The molecule has 0 aliphatic heterocycles. The zero-order valence-corrected chi connectivity index (χ0v) is 8.33. The largest absolute Gasteiger partial charge is 0.331 e. The summed E-state index contributed by atoms with van der Waals surface area (Å²) in [5.74, 6) is 0.